The molecule has 0 atom stereocenters. The van der Waals surface area contributed by atoms with Crippen LogP contribution in [-0.2, 0) is 0 Å². The molecule has 0 amide bonds. The smallest absolute Gasteiger partial charge is 0.221 e. The van der Waals surface area contributed by atoms with Gasteiger partial charge in [-0.15, -0.1) is 0 Å². The fraction of sp³-hybridized carbons (Fsp3) is 0.500. The molecule has 3 N–H and O–H groups in total. The number of nitrogens with zero attached hydrogens (tertiary/aromatic N) is 3. The fourth-order valence-electron chi connectivity index (χ4n) is 1.48. The van der Waals surface area contributed by atoms with Crippen LogP contribution in [0.4, 0.5) is 11.8 Å². The molecule has 1 saturated heterocycles. The Morgan fingerprint density at radius 2 is 2.31 bits per heavy atom. The van der Waals surface area contributed by atoms with E-state index in [1.165, 1.54) is 0 Å². The van der Waals surface area contributed by atoms with Gasteiger partial charge in [-0.3, -0.25) is 0 Å². The lowest BCUT2D eigenvalue weighted by Gasteiger charge is -2.44. The molecule has 0 bridgehead atoms. The third-order valence-corrected chi connectivity index (χ3v) is 2.05. The first-order valence-electron chi connectivity index (χ1n) is 4.13. The van der Waals surface area contributed by atoms with Gasteiger partial charge in [0.05, 0.1) is 5.60 Å². The summed E-state index contributed by atoms with van der Waals surface area (Å²) in [6, 6.07) is 1.78. The Labute approximate surface area is 76.2 Å². The Bertz CT molecular complexity index is 318. The first-order chi connectivity index (χ1) is 6.07. The third-order valence-electron chi connectivity index (χ3n) is 2.05. The molecule has 5 heteroatoms. The summed E-state index contributed by atoms with van der Waals surface area (Å²) in [7, 11) is 0. The van der Waals surface area contributed by atoms with Gasteiger partial charge in [0.1, 0.15) is 5.82 Å². The number of β-amino-alcohol motifs (C(OH)–C–C–N with tert-alkyl or cyclic N) is 1. The van der Waals surface area contributed by atoms with Gasteiger partial charge in [0, 0.05) is 19.3 Å². The number of aliphatic hydroxyl groups is 1. The van der Waals surface area contributed by atoms with Crippen LogP contribution in [0.2, 0.25) is 0 Å². The molecule has 0 unspecified atom stereocenters. The minimum atomic E-state index is -0.584. The summed E-state index contributed by atoms with van der Waals surface area (Å²) >= 11 is 0. The first kappa shape index (κ1) is 8.25. The number of hydrogen-bond acceptors (Lipinski definition) is 5. The molecule has 13 heavy (non-hydrogen) atoms. The standard InChI is InChI=1S/C8H12N4O/c1-8(13)4-12(5-8)6-2-3-10-7(9)11-6/h2-3,13H,4-5H2,1H3,(H2,9,10,11). The molecule has 0 spiro atoms. The van der Waals surface area contributed by atoms with Gasteiger partial charge >= 0.3 is 0 Å². The van der Waals surface area contributed by atoms with Crippen molar-refractivity contribution >= 4 is 11.8 Å². The van der Waals surface area contributed by atoms with E-state index in [9.17, 15) is 5.11 Å². The molecule has 0 aliphatic carbocycles. The number of hydrogen-bond donors (Lipinski definition) is 2. The second-order valence-electron chi connectivity index (χ2n) is 3.63. The van der Waals surface area contributed by atoms with Crippen LogP contribution >= 0.6 is 0 Å². The molecule has 1 fully saturated rings. The Kier molecular flexibility index (Phi) is 1.63. The summed E-state index contributed by atoms with van der Waals surface area (Å²) in [4.78, 5) is 9.79. The van der Waals surface area contributed by atoms with Crippen molar-refractivity contribution in [2.45, 2.75) is 12.5 Å². The van der Waals surface area contributed by atoms with Gasteiger partial charge in [-0.2, -0.15) is 4.98 Å². The number of nitrogens with two attached hydrogens (primary N) is 1. The van der Waals surface area contributed by atoms with E-state index < -0.39 is 5.60 Å². The number of anilines is 2. The molecule has 70 valence electrons. The molecule has 1 aromatic rings. The van der Waals surface area contributed by atoms with E-state index in [1.54, 1.807) is 19.2 Å². The van der Waals surface area contributed by atoms with E-state index >= 15 is 0 Å². The van der Waals surface area contributed by atoms with Crippen LogP contribution in [-0.4, -0.2) is 33.8 Å². The Morgan fingerprint density at radius 1 is 1.62 bits per heavy atom. The molecule has 2 rings (SSSR count). The average molecular weight is 180 g/mol. The van der Waals surface area contributed by atoms with E-state index in [4.69, 9.17) is 5.73 Å². The maximum Gasteiger partial charge on any atom is 0.221 e. The van der Waals surface area contributed by atoms with Crippen molar-refractivity contribution in [1.29, 1.82) is 0 Å². The fourth-order valence-corrected chi connectivity index (χ4v) is 1.48. The Balaban J connectivity index is 2.11. The molecule has 1 aliphatic heterocycles. The van der Waals surface area contributed by atoms with Crippen LogP contribution in [0.1, 0.15) is 6.92 Å². The third kappa shape index (κ3) is 1.55. The molecule has 1 aromatic heterocycles. The zero-order valence-corrected chi connectivity index (χ0v) is 7.44. The van der Waals surface area contributed by atoms with Crippen molar-refractivity contribution in [1.82, 2.24) is 9.97 Å². The summed E-state index contributed by atoms with van der Waals surface area (Å²) in [5.74, 6) is 1.04. The van der Waals surface area contributed by atoms with Gasteiger partial charge in [-0.25, -0.2) is 4.98 Å². The van der Waals surface area contributed by atoms with Gasteiger partial charge < -0.3 is 15.7 Å². The minimum Gasteiger partial charge on any atom is -0.386 e. The van der Waals surface area contributed by atoms with Gasteiger partial charge in [-0.1, -0.05) is 0 Å². The molecular weight excluding hydrogens is 168 g/mol. The highest BCUT2D eigenvalue weighted by Gasteiger charge is 2.37. The number of aromatic nitrogens is 2. The lowest BCUT2D eigenvalue weighted by Crippen LogP contribution is -2.60. The maximum absolute atomic E-state index is 9.50. The number of nitrogen functional groups attached to an aromatic ring is 1. The zero-order valence-electron chi connectivity index (χ0n) is 7.44. The largest absolute Gasteiger partial charge is 0.386 e. The van der Waals surface area contributed by atoms with Gasteiger partial charge in [-0.05, 0) is 13.0 Å². The zero-order chi connectivity index (χ0) is 9.47. The van der Waals surface area contributed by atoms with Crippen molar-refractivity contribution < 1.29 is 5.11 Å². The van der Waals surface area contributed by atoms with Crippen molar-refractivity contribution in [3.63, 3.8) is 0 Å². The highest BCUT2D eigenvalue weighted by Crippen LogP contribution is 2.25. The van der Waals surface area contributed by atoms with Crippen molar-refractivity contribution in [2.24, 2.45) is 0 Å². The van der Waals surface area contributed by atoms with Crippen LogP contribution in [0, 0.1) is 0 Å². The molecule has 2 heterocycles. The summed E-state index contributed by atoms with van der Waals surface area (Å²) in [5.41, 5.74) is 4.85. The SMILES string of the molecule is CC1(O)CN(c2ccnc(N)n2)C1. The Morgan fingerprint density at radius 3 is 2.85 bits per heavy atom. The highest BCUT2D eigenvalue weighted by atomic mass is 16.3. The molecule has 0 radical (unpaired) electrons. The summed E-state index contributed by atoms with van der Waals surface area (Å²) in [5, 5.41) is 9.50. The Hall–Kier alpha value is -1.36. The predicted octanol–water partition coefficient (Wildman–Crippen LogP) is -0.370. The van der Waals surface area contributed by atoms with Crippen LogP contribution in [0.3, 0.4) is 0 Å². The van der Waals surface area contributed by atoms with Crippen LogP contribution in [0.25, 0.3) is 0 Å². The van der Waals surface area contributed by atoms with E-state index in [2.05, 4.69) is 9.97 Å². The van der Waals surface area contributed by atoms with Gasteiger partial charge in [0.2, 0.25) is 5.95 Å². The summed E-state index contributed by atoms with van der Waals surface area (Å²) in [6.45, 7) is 3.00. The average Bonchev–Trinajstić information content (AvgIpc) is 2.00. The van der Waals surface area contributed by atoms with Crippen molar-refractivity contribution in [2.75, 3.05) is 23.7 Å². The van der Waals surface area contributed by atoms with E-state index in [-0.39, 0.29) is 5.95 Å². The lowest BCUT2D eigenvalue weighted by molar-refractivity contribution is 0.0305. The van der Waals surface area contributed by atoms with Crippen molar-refractivity contribution in [3.05, 3.63) is 12.3 Å². The van der Waals surface area contributed by atoms with E-state index in [0.717, 1.165) is 5.82 Å². The monoisotopic (exact) mass is 180 g/mol. The van der Waals surface area contributed by atoms with Crippen LogP contribution in [0.5, 0.6) is 0 Å². The normalized spacial score (nSPS) is 19.7. The second-order valence-corrected chi connectivity index (χ2v) is 3.63. The second kappa shape index (κ2) is 2.56. The molecule has 0 saturated carbocycles. The van der Waals surface area contributed by atoms with Gasteiger partial charge in [0.25, 0.3) is 0 Å². The number of rotatable bonds is 1. The summed E-state index contributed by atoms with van der Waals surface area (Å²) < 4.78 is 0. The maximum atomic E-state index is 9.50. The van der Waals surface area contributed by atoms with E-state index in [0.29, 0.717) is 13.1 Å². The van der Waals surface area contributed by atoms with Crippen LogP contribution in [0.15, 0.2) is 12.3 Å². The topological polar surface area (TPSA) is 75.3 Å². The molecule has 1 aliphatic rings. The first-order valence-corrected chi connectivity index (χ1v) is 4.13. The minimum absolute atomic E-state index is 0.268. The quantitative estimate of drug-likeness (QED) is 0.616. The predicted molar refractivity (Wildman–Crippen MR) is 49.3 cm³/mol. The van der Waals surface area contributed by atoms with E-state index in [1.807, 2.05) is 4.90 Å². The van der Waals surface area contributed by atoms with Gasteiger partial charge in [0.15, 0.2) is 0 Å². The van der Waals surface area contributed by atoms with Crippen molar-refractivity contribution in [3.8, 4) is 0 Å². The molecule has 0 aromatic carbocycles. The molecule has 5 nitrogen and oxygen atoms in total. The van der Waals surface area contributed by atoms with Crippen LogP contribution < -0.4 is 10.6 Å². The summed E-state index contributed by atoms with van der Waals surface area (Å²) in [6.07, 6.45) is 1.62. The molecular formula is C8H12N4O. The lowest BCUT2D eigenvalue weighted by atomic mass is 9.97. The highest BCUT2D eigenvalue weighted by molar-refractivity contribution is 5.45.